The normalized spacial score (nSPS) is 31.1. The number of carbonyl (C=O) groups excluding carboxylic acids is 2. The highest BCUT2D eigenvalue weighted by atomic mass is 16.8. The van der Waals surface area contributed by atoms with Gasteiger partial charge in [-0.3, -0.25) is 4.79 Å². The predicted octanol–water partition coefficient (Wildman–Crippen LogP) is 0.286. The van der Waals surface area contributed by atoms with E-state index < -0.39 is 30.1 Å². The third-order valence-corrected chi connectivity index (χ3v) is 5.19. The summed E-state index contributed by atoms with van der Waals surface area (Å²) in [6, 6.07) is 5.34. The van der Waals surface area contributed by atoms with Crippen molar-refractivity contribution in [2.75, 3.05) is 12.3 Å². The van der Waals surface area contributed by atoms with Crippen LogP contribution in [0, 0.1) is 17.2 Å². The molecular formula is C17H15N5O6. The van der Waals surface area contributed by atoms with E-state index in [1.165, 1.54) is 10.8 Å². The third-order valence-electron chi connectivity index (χ3n) is 5.19. The van der Waals surface area contributed by atoms with Gasteiger partial charge in [-0.1, -0.05) is 0 Å². The lowest BCUT2D eigenvalue weighted by atomic mass is 9.92. The Balaban J connectivity index is 1.52. The zero-order chi connectivity index (χ0) is 19.5. The summed E-state index contributed by atoms with van der Waals surface area (Å²) >= 11 is 0. The fraction of sp³-hybridized carbons (Fsp3) is 0.471. The molecule has 0 aromatic carbocycles. The van der Waals surface area contributed by atoms with Gasteiger partial charge in [0.1, 0.15) is 30.6 Å². The summed E-state index contributed by atoms with van der Waals surface area (Å²) in [5.41, 5.74) is 4.94. The van der Waals surface area contributed by atoms with Crippen LogP contribution in [0.3, 0.4) is 0 Å². The maximum absolute atomic E-state index is 11.9. The summed E-state index contributed by atoms with van der Waals surface area (Å²) < 4.78 is 23.1. The minimum Gasteiger partial charge on any atom is -0.463 e. The van der Waals surface area contributed by atoms with E-state index in [4.69, 9.17) is 24.7 Å². The van der Waals surface area contributed by atoms with E-state index in [1.54, 1.807) is 12.1 Å². The van der Waals surface area contributed by atoms with Crippen LogP contribution in [-0.2, 0) is 29.3 Å². The number of hydrogen-bond donors (Lipinski definition) is 1. The zero-order valence-corrected chi connectivity index (χ0v) is 14.5. The summed E-state index contributed by atoms with van der Waals surface area (Å²) in [4.78, 5) is 27.6. The van der Waals surface area contributed by atoms with Crippen molar-refractivity contribution >= 4 is 23.5 Å². The number of esters is 1. The molecule has 0 bridgehead atoms. The van der Waals surface area contributed by atoms with Crippen LogP contribution in [0.5, 0.6) is 0 Å². The van der Waals surface area contributed by atoms with Crippen molar-refractivity contribution in [3.05, 3.63) is 24.2 Å². The third kappa shape index (κ3) is 2.31. The van der Waals surface area contributed by atoms with Gasteiger partial charge in [-0.05, 0) is 25.0 Å². The topological polar surface area (TPSA) is 151 Å². The first kappa shape index (κ1) is 16.8. The van der Waals surface area contributed by atoms with Gasteiger partial charge in [0.25, 0.3) is 0 Å². The second-order valence-corrected chi connectivity index (χ2v) is 6.94. The molecule has 3 aliphatic rings. The van der Waals surface area contributed by atoms with Crippen LogP contribution in [0.1, 0.15) is 18.5 Å². The number of fused-ring (bicyclic) bond motifs is 2. The number of nitrogens with zero attached hydrogens (tertiary/aromatic N) is 4. The standard InChI is InChI=1S/C17H15N5O6/c18-6-17(11-4-3-9-14(19)20-7-21-22(9)11)13-12(26-16(24)27-13)10(28-17)5-25-15(23)8-1-2-8/h3-4,7-8,10,12-13H,1-2,5H2,(H2,19,20,21)/t10-,12-,13-,17+/m1/s1. The van der Waals surface area contributed by atoms with Crippen molar-refractivity contribution in [1.82, 2.24) is 14.6 Å². The van der Waals surface area contributed by atoms with Crippen molar-refractivity contribution in [3.63, 3.8) is 0 Å². The Hall–Kier alpha value is -3.39. The highest BCUT2D eigenvalue weighted by Gasteiger charge is 2.65. The van der Waals surface area contributed by atoms with Gasteiger partial charge in [0, 0.05) is 0 Å². The molecule has 2 aliphatic heterocycles. The van der Waals surface area contributed by atoms with Gasteiger partial charge in [0.2, 0.25) is 5.60 Å². The van der Waals surface area contributed by atoms with Crippen LogP contribution in [0.2, 0.25) is 0 Å². The molecule has 2 aromatic rings. The molecule has 5 rings (SSSR count). The number of anilines is 1. The molecule has 144 valence electrons. The van der Waals surface area contributed by atoms with E-state index >= 15 is 0 Å². The monoisotopic (exact) mass is 385 g/mol. The molecule has 2 saturated heterocycles. The lowest BCUT2D eigenvalue weighted by molar-refractivity contribution is -0.153. The number of hydrogen-bond acceptors (Lipinski definition) is 10. The summed E-state index contributed by atoms with van der Waals surface area (Å²) in [6.07, 6.45) is -0.875. The minimum absolute atomic E-state index is 0.0884. The van der Waals surface area contributed by atoms with Gasteiger partial charge in [-0.25, -0.2) is 14.3 Å². The Kier molecular flexibility index (Phi) is 3.47. The summed E-state index contributed by atoms with van der Waals surface area (Å²) in [5, 5.41) is 14.2. The van der Waals surface area contributed by atoms with Gasteiger partial charge in [-0.2, -0.15) is 10.4 Å². The number of nitriles is 1. The summed E-state index contributed by atoms with van der Waals surface area (Å²) in [5.74, 6) is -0.193. The molecule has 4 atom stereocenters. The molecule has 0 amide bonds. The van der Waals surface area contributed by atoms with E-state index in [-0.39, 0.29) is 24.3 Å². The van der Waals surface area contributed by atoms with Crippen molar-refractivity contribution in [3.8, 4) is 6.07 Å². The molecule has 0 unspecified atom stereocenters. The van der Waals surface area contributed by atoms with Crippen LogP contribution in [0.4, 0.5) is 10.6 Å². The lowest BCUT2D eigenvalue weighted by Crippen LogP contribution is -2.39. The second-order valence-electron chi connectivity index (χ2n) is 6.94. The molecule has 1 saturated carbocycles. The van der Waals surface area contributed by atoms with Crippen LogP contribution >= 0.6 is 0 Å². The van der Waals surface area contributed by atoms with E-state index in [1.807, 2.05) is 0 Å². The fourth-order valence-corrected chi connectivity index (χ4v) is 3.65. The smallest absolute Gasteiger partial charge is 0.463 e. The predicted molar refractivity (Wildman–Crippen MR) is 88.4 cm³/mol. The first-order valence-corrected chi connectivity index (χ1v) is 8.75. The molecule has 0 spiro atoms. The average Bonchev–Trinajstić information content (AvgIpc) is 3.23. The highest BCUT2D eigenvalue weighted by Crippen LogP contribution is 2.46. The number of nitrogen functional groups attached to an aromatic ring is 1. The molecule has 11 heteroatoms. The van der Waals surface area contributed by atoms with Gasteiger partial charge < -0.3 is 24.7 Å². The van der Waals surface area contributed by atoms with E-state index in [9.17, 15) is 14.9 Å². The fourth-order valence-electron chi connectivity index (χ4n) is 3.65. The lowest BCUT2D eigenvalue weighted by Gasteiger charge is -2.24. The zero-order valence-electron chi connectivity index (χ0n) is 14.5. The van der Waals surface area contributed by atoms with Crippen LogP contribution in [0.25, 0.3) is 5.52 Å². The van der Waals surface area contributed by atoms with Crippen molar-refractivity contribution in [1.29, 1.82) is 5.26 Å². The van der Waals surface area contributed by atoms with Crippen molar-refractivity contribution in [2.45, 2.75) is 36.8 Å². The Morgan fingerprint density at radius 3 is 3.00 bits per heavy atom. The SMILES string of the molecule is N#C[C@@]1(c2ccc3c(N)ncnn23)O[C@H](COC(=O)C2CC2)[C@H]2OC(=O)O[C@H]21. The van der Waals surface area contributed by atoms with Gasteiger partial charge in [-0.15, -0.1) is 0 Å². The van der Waals surface area contributed by atoms with E-state index in [2.05, 4.69) is 16.2 Å². The number of ether oxygens (including phenoxy) is 4. The molecule has 2 N–H and O–H groups in total. The number of aromatic nitrogens is 3. The molecule has 3 fully saturated rings. The Bertz CT molecular complexity index is 1030. The summed E-state index contributed by atoms with van der Waals surface area (Å²) in [6.45, 7) is -0.156. The van der Waals surface area contributed by atoms with E-state index in [0.717, 1.165) is 12.8 Å². The number of nitrogens with two attached hydrogens (primary N) is 1. The van der Waals surface area contributed by atoms with Crippen molar-refractivity contribution < 1.29 is 28.5 Å². The largest absolute Gasteiger partial charge is 0.509 e. The first-order valence-electron chi connectivity index (χ1n) is 8.75. The Morgan fingerprint density at radius 1 is 1.43 bits per heavy atom. The highest BCUT2D eigenvalue weighted by molar-refractivity contribution is 5.75. The van der Waals surface area contributed by atoms with Gasteiger partial charge >= 0.3 is 12.1 Å². The Morgan fingerprint density at radius 2 is 2.25 bits per heavy atom. The molecule has 0 radical (unpaired) electrons. The van der Waals surface area contributed by atoms with Crippen LogP contribution in [0.15, 0.2) is 18.5 Å². The average molecular weight is 385 g/mol. The van der Waals surface area contributed by atoms with Crippen LogP contribution < -0.4 is 5.73 Å². The molecular weight excluding hydrogens is 370 g/mol. The molecule has 4 heterocycles. The molecule has 11 nitrogen and oxygen atoms in total. The quantitative estimate of drug-likeness (QED) is 0.727. The number of rotatable bonds is 4. The van der Waals surface area contributed by atoms with Crippen molar-refractivity contribution in [2.24, 2.45) is 5.92 Å². The van der Waals surface area contributed by atoms with Crippen LogP contribution in [-0.4, -0.2) is 51.6 Å². The maximum Gasteiger partial charge on any atom is 0.509 e. The van der Waals surface area contributed by atoms with Gasteiger partial charge in [0.05, 0.1) is 11.6 Å². The summed E-state index contributed by atoms with van der Waals surface area (Å²) in [7, 11) is 0. The molecule has 28 heavy (non-hydrogen) atoms. The second kappa shape index (κ2) is 5.80. The minimum atomic E-state index is -1.71. The van der Waals surface area contributed by atoms with Gasteiger partial charge in [0.15, 0.2) is 18.0 Å². The van der Waals surface area contributed by atoms with E-state index in [0.29, 0.717) is 11.2 Å². The number of carbonyl (C=O) groups is 2. The first-order chi connectivity index (χ1) is 13.5. The Labute approximate surface area is 157 Å². The molecule has 1 aliphatic carbocycles. The maximum atomic E-state index is 11.9. The molecule has 2 aromatic heterocycles.